The Morgan fingerprint density at radius 2 is 2.15 bits per heavy atom. The van der Waals surface area contributed by atoms with Gasteiger partial charge in [-0.25, -0.2) is 10.5 Å². The topological polar surface area (TPSA) is 97.0 Å². The van der Waals surface area contributed by atoms with E-state index in [4.69, 9.17) is 5.21 Å². The van der Waals surface area contributed by atoms with E-state index in [1.807, 2.05) is 6.07 Å². The summed E-state index contributed by atoms with van der Waals surface area (Å²) in [7, 11) is 0. The monoisotopic (exact) mass is 455 g/mol. The van der Waals surface area contributed by atoms with Gasteiger partial charge < -0.3 is 9.97 Å². The van der Waals surface area contributed by atoms with Crippen LogP contribution < -0.4 is 5.48 Å². The van der Waals surface area contributed by atoms with Gasteiger partial charge in [-0.2, -0.15) is 0 Å². The van der Waals surface area contributed by atoms with E-state index in [0.29, 0.717) is 6.04 Å². The Bertz CT molecular complexity index is 1340. The van der Waals surface area contributed by atoms with E-state index < -0.39 is 5.91 Å². The molecule has 4 N–H and O–H groups in total. The minimum absolute atomic E-state index is 0.315. The van der Waals surface area contributed by atoms with Crippen molar-refractivity contribution in [1.29, 1.82) is 0 Å². The summed E-state index contributed by atoms with van der Waals surface area (Å²) in [6.45, 7) is 3.79. The largest absolute Gasteiger partial charge is 0.361 e. The number of benzene rings is 2. The van der Waals surface area contributed by atoms with Crippen molar-refractivity contribution in [2.45, 2.75) is 38.8 Å². The maximum absolute atomic E-state index is 11.3. The van der Waals surface area contributed by atoms with E-state index in [9.17, 15) is 4.79 Å². The molecule has 4 aromatic rings. The van der Waals surface area contributed by atoms with Crippen LogP contribution in [0.25, 0.3) is 17.0 Å². The SMILES string of the molecule is Cc1[nH]cnc1CN(CCc1c[nH]c2ccccc12)C1CCc2cc(C=CC(=O)NO)ccc21. The van der Waals surface area contributed by atoms with Gasteiger partial charge >= 0.3 is 0 Å². The molecule has 5 rings (SSSR count). The number of H-pyrrole nitrogens is 2. The van der Waals surface area contributed by atoms with Crippen LogP contribution in [-0.2, 0) is 24.2 Å². The number of fused-ring (bicyclic) bond motifs is 2. The van der Waals surface area contributed by atoms with Gasteiger partial charge in [-0.3, -0.25) is 14.9 Å². The maximum Gasteiger partial charge on any atom is 0.267 e. The number of hydroxylamine groups is 1. The summed E-state index contributed by atoms with van der Waals surface area (Å²) in [4.78, 5) is 25.0. The van der Waals surface area contributed by atoms with Crippen LogP contribution in [0.15, 0.2) is 61.1 Å². The number of aryl methyl sites for hydroxylation is 2. The average molecular weight is 456 g/mol. The summed E-state index contributed by atoms with van der Waals surface area (Å²) in [5.41, 5.74) is 9.94. The summed E-state index contributed by atoms with van der Waals surface area (Å²) in [6, 6.07) is 15.1. The first-order chi connectivity index (χ1) is 16.6. The van der Waals surface area contributed by atoms with Gasteiger partial charge in [-0.1, -0.05) is 36.4 Å². The number of carbonyl (C=O) groups is 1. The fraction of sp³-hybridized carbons (Fsp3) is 0.259. The van der Waals surface area contributed by atoms with Crippen molar-refractivity contribution in [3.8, 4) is 0 Å². The van der Waals surface area contributed by atoms with Crippen LogP contribution in [-0.4, -0.2) is 37.5 Å². The van der Waals surface area contributed by atoms with Crippen molar-refractivity contribution in [2.75, 3.05) is 6.54 Å². The van der Waals surface area contributed by atoms with Gasteiger partial charge in [0.25, 0.3) is 5.91 Å². The van der Waals surface area contributed by atoms with E-state index in [1.54, 1.807) is 17.9 Å². The zero-order valence-corrected chi connectivity index (χ0v) is 19.2. The number of nitrogens with zero attached hydrogens (tertiary/aromatic N) is 2. The number of amides is 1. The van der Waals surface area contributed by atoms with E-state index in [-0.39, 0.29) is 0 Å². The lowest BCUT2D eigenvalue weighted by atomic mass is 10.0. The number of para-hydroxylation sites is 1. The van der Waals surface area contributed by atoms with Crippen molar-refractivity contribution >= 4 is 22.9 Å². The van der Waals surface area contributed by atoms with Crippen molar-refractivity contribution in [2.24, 2.45) is 0 Å². The lowest BCUT2D eigenvalue weighted by Gasteiger charge is -2.29. The molecule has 2 aromatic carbocycles. The predicted molar refractivity (Wildman–Crippen MR) is 132 cm³/mol. The Kier molecular flexibility index (Phi) is 6.29. The summed E-state index contributed by atoms with van der Waals surface area (Å²) < 4.78 is 0. The average Bonchev–Trinajstić information content (AvgIpc) is 3.58. The molecule has 7 heteroatoms. The van der Waals surface area contributed by atoms with Crippen molar-refractivity contribution in [1.82, 2.24) is 25.3 Å². The second kappa shape index (κ2) is 9.67. The molecule has 0 bridgehead atoms. The molecule has 1 aliphatic carbocycles. The highest BCUT2D eigenvalue weighted by Crippen LogP contribution is 2.37. The molecule has 1 unspecified atom stereocenters. The molecule has 0 aliphatic heterocycles. The molecule has 0 radical (unpaired) electrons. The predicted octanol–water partition coefficient (Wildman–Crippen LogP) is 4.45. The third-order valence-corrected chi connectivity index (χ3v) is 6.82. The van der Waals surface area contributed by atoms with Gasteiger partial charge in [-0.05, 0) is 60.6 Å². The highest BCUT2D eigenvalue weighted by atomic mass is 16.5. The maximum atomic E-state index is 11.3. The Hall–Kier alpha value is -3.68. The third-order valence-electron chi connectivity index (χ3n) is 6.82. The molecule has 1 atom stereocenters. The van der Waals surface area contributed by atoms with Crippen LogP contribution in [0.4, 0.5) is 0 Å². The van der Waals surface area contributed by atoms with Gasteiger partial charge in [0.05, 0.1) is 12.0 Å². The molecule has 2 heterocycles. The minimum Gasteiger partial charge on any atom is -0.361 e. The Morgan fingerprint density at radius 1 is 1.26 bits per heavy atom. The molecule has 0 fully saturated rings. The lowest BCUT2D eigenvalue weighted by Crippen LogP contribution is -2.29. The molecule has 174 valence electrons. The Labute approximate surface area is 198 Å². The standard InChI is InChI=1S/C27H29N5O2/c1-18-25(30-17-29-18)16-32(13-12-21-15-28-24-5-3-2-4-22(21)24)26-10-8-20-14-19(6-9-23(20)26)7-11-27(33)31-34/h2-7,9,11,14-15,17,26,28,34H,8,10,12-13,16H2,1H3,(H,29,30)(H,31,33). The fourth-order valence-corrected chi connectivity index (χ4v) is 4.99. The highest BCUT2D eigenvalue weighted by molar-refractivity contribution is 5.90. The molecular formula is C27H29N5O2. The normalized spacial score (nSPS) is 15.4. The second-order valence-corrected chi connectivity index (χ2v) is 8.88. The van der Waals surface area contributed by atoms with E-state index >= 15 is 0 Å². The number of aromatic nitrogens is 3. The molecule has 2 aromatic heterocycles. The zero-order chi connectivity index (χ0) is 23.5. The number of hydrogen-bond donors (Lipinski definition) is 4. The summed E-state index contributed by atoms with van der Waals surface area (Å²) in [5.74, 6) is -0.531. The summed E-state index contributed by atoms with van der Waals surface area (Å²) >= 11 is 0. The first-order valence-corrected chi connectivity index (χ1v) is 11.6. The van der Waals surface area contributed by atoms with Crippen molar-refractivity contribution < 1.29 is 10.0 Å². The molecule has 0 saturated heterocycles. The number of hydrogen-bond acceptors (Lipinski definition) is 4. The molecule has 7 nitrogen and oxygen atoms in total. The third kappa shape index (κ3) is 4.53. The molecule has 1 aliphatic rings. The van der Waals surface area contributed by atoms with Gasteiger partial charge in [0, 0.05) is 48.0 Å². The number of rotatable bonds is 8. The zero-order valence-electron chi connectivity index (χ0n) is 19.2. The number of imidazole rings is 1. The first kappa shape index (κ1) is 22.1. The summed E-state index contributed by atoms with van der Waals surface area (Å²) in [5, 5.41) is 9.99. The molecule has 1 amide bonds. The molecule has 0 saturated carbocycles. The van der Waals surface area contributed by atoms with E-state index in [2.05, 4.69) is 69.4 Å². The van der Waals surface area contributed by atoms with E-state index in [0.717, 1.165) is 49.3 Å². The van der Waals surface area contributed by atoms with Crippen LogP contribution in [0.3, 0.4) is 0 Å². The molecule has 0 spiro atoms. The second-order valence-electron chi connectivity index (χ2n) is 8.88. The fourth-order valence-electron chi connectivity index (χ4n) is 4.99. The van der Waals surface area contributed by atoms with Crippen LogP contribution in [0.2, 0.25) is 0 Å². The van der Waals surface area contributed by atoms with Crippen LogP contribution in [0, 0.1) is 6.92 Å². The van der Waals surface area contributed by atoms with E-state index in [1.165, 1.54) is 33.7 Å². The quantitative estimate of drug-likeness (QED) is 0.179. The van der Waals surface area contributed by atoms with Gasteiger partial charge in [-0.15, -0.1) is 0 Å². The Morgan fingerprint density at radius 3 is 2.97 bits per heavy atom. The van der Waals surface area contributed by atoms with Gasteiger partial charge in [0.2, 0.25) is 0 Å². The minimum atomic E-state index is -0.531. The number of carbonyl (C=O) groups excluding carboxylic acids is 1. The Balaban J connectivity index is 1.39. The van der Waals surface area contributed by atoms with Crippen LogP contribution in [0.1, 0.15) is 46.1 Å². The highest BCUT2D eigenvalue weighted by Gasteiger charge is 2.29. The number of nitrogens with one attached hydrogen (secondary N) is 3. The van der Waals surface area contributed by atoms with Crippen molar-refractivity contribution in [3.63, 3.8) is 0 Å². The first-order valence-electron chi connectivity index (χ1n) is 11.6. The molecular weight excluding hydrogens is 426 g/mol. The number of aromatic amines is 2. The van der Waals surface area contributed by atoms with Gasteiger partial charge in [0.1, 0.15) is 0 Å². The van der Waals surface area contributed by atoms with Crippen LogP contribution >= 0.6 is 0 Å². The lowest BCUT2D eigenvalue weighted by molar-refractivity contribution is -0.124. The van der Waals surface area contributed by atoms with Gasteiger partial charge in [0.15, 0.2) is 0 Å². The molecule has 34 heavy (non-hydrogen) atoms. The van der Waals surface area contributed by atoms with Crippen LogP contribution in [0.5, 0.6) is 0 Å². The van der Waals surface area contributed by atoms with Crippen molar-refractivity contribution in [3.05, 3.63) is 94.7 Å². The summed E-state index contributed by atoms with van der Waals surface area (Å²) in [6.07, 6.45) is 9.96. The smallest absolute Gasteiger partial charge is 0.267 e.